The van der Waals surface area contributed by atoms with Crippen LogP contribution < -0.4 is 0 Å². The number of aromatic hydroxyl groups is 1. The summed E-state index contributed by atoms with van der Waals surface area (Å²) in [4.78, 5) is 50.1. The van der Waals surface area contributed by atoms with E-state index in [1.165, 1.54) is 0 Å². The summed E-state index contributed by atoms with van der Waals surface area (Å²) in [5.41, 5.74) is 3.71. The maximum absolute atomic E-state index is 14.1. The molecule has 3 heterocycles. The van der Waals surface area contributed by atoms with Crippen molar-refractivity contribution in [2.24, 2.45) is 0 Å². The summed E-state index contributed by atoms with van der Waals surface area (Å²) < 4.78 is 0. The highest BCUT2D eigenvalue weighted by Gasteiger charge is 2.51. The van der Waals surface area contributed by atoms with E-state index in [-0.39, 0.29) is 55.9 Å². The maximum atomic E-state index is 14.1. The molecule has 43 heavy (non-hydrogen) atoms. The zero-order chi connectivity index (χ0) is 29.9. The van der Waals surface area contributed by atoms with Gasteiger partial charge in [-0.3, -0.25) is 19.4 Å². The van der Waals surface area contributed by atoms with Crippen molar-refractivity contribution in [1.29, 1.82) is 0 Å². The topological polar surface area (TPSA) is 97.3 Å². The van der Waals surface area contributed by atoms with Gasteiger partial charge in [0.05, 0.1) is 25.3 Å². The second-order valence-corrected chi connectivity index (χ2v) is 11.6. The predicted octanol–water partition coefficient (Wildman–Crippen LogP) is 3.65. The Balaban J connectivity index is 1.33. The van der Waals surface area contributed by atoms with E-state index >= 15 is 0 Å². The number of pyridine rings is 1. The lowest BCUT2D eigenvalue weighted by molar-refractivity contribution is -0.205. The zero-order valence-corrected chi connectivity index (χ0v) is 24.2. The van der Waals surface area contributed by atoms with E-state index in [1.54, 1.807) is 50.2 Å². The normalized spacial score (nSPS) is 20.7. The zero-order valence-electron chi connectivity index (χ0n) is 24.2. The molecule has 2 aromatic carbocycles. The first-order valence-corrected chi connectivity index (χ1v) is 15.0. The van der Waals surface area contributed by atoms with Gasteiger partial charge in [0.2, 0.25) is 17.7 Å². The number of fused-ring (bicyclic) bond motifs is 1. The van der Waals surface area contributed by atoms with E-state index < -0.39 is 12.2 Å². The van der Waals surface area contributed by atoms with Gasteiger partial charge in [0.1, 0.15) is 18.0 Å². The van der Waals surface area contributed by atoms with E-state index in [2.05, 4.69) is 6.58 Å². The number of rotatable bonds is 10. The molecule has 1 aromatic heterocycles. The molecule has 2 saturated heterocycles. The molecule has 1 aliphatic carbocycles. The molecule has 3 aliphatic rings. The number of carbonyl (C=O) groups excluding carboxylic acids is 3. The van der Waals surface area contributed by atoms with Gasteiger partial charge in [0.25, 0.3) is 0 Å². The average molecular weight is 580 g/mol. The Hall–Kier alpha value is -4.50. The highest BCUT2D eigenvalue weighted by atomic mass is 16.3. The smallest absolute Gasteiger partial charge is 0.246 e. The third kappa shape index (κ3) is 6.32. The fourth-order valence-corrected chi connectivity index (χ4v) is 6.16. The van der Waals surface area contributed by atoms with Crippen LogP contribution in [0.1, 0.15) is 47.7 Å². The first kappa shape index (κ1) is 28.6. The molecule has 1 saturated carbocycles. The van der Waals surface area contributed by atoms with Crippen molar-refractivity contribution in [3.8, 4) is 5.75 Å². The van der Waals surface area contributed by atoms with Crippen LogP contribution in [-0.4, -0.2) is 79.5 Å². The third-order valence-corrected chi connectivity index (χ3v) is 8.44. The van der Waals surface area contributed by atoms with Crippen LogP contribution in [0, 0.1) is 0 Å². The molecule has 6 rings (SSSR count). The number of hydrazine groups is 1. The minimum absolute atomic E-state index is 0.0239. The summed E-state index contributed by atoms with van der Waals surface area (Å²) in [5.74, 6) is 0.120. The van der Waals surface area contributed by atoms with Gasteiger partial charge in [-0.2, -0.15) is 0 Å². The Bertz CT molecular complexity index is 1490. The first-order valence-electron chi connectivity index (χ1n) is 15.0. The highest BCUT2D eigenvalue weighted by molar-refractivity contribution is 5.92. The maximum Gasteiger partial charge on any atom is 0.246 e. The minimum Gasteiger partial charge on any atom is -0.508 e. The van der Waals surface area contributed by atoms with Gasteiger partial charge in [-0.25, -0.2) is 10.0 Å². The molecule has 0 spiro atoms. The molecule has 222 valence electrons. The summed E-state index contributed by atoms with van der Waals surface area (Å²) >= 11 is 0. The molecule has 2 aliphatic heterocycles. The number of phenolic OH excluding ortho intramolecular Hbond substituents is 1. The summed E-state index contributed by atoms with van der Waals surface area (Å²) in [7, 11) is 0. The number of hydrogen-bond donors (Lipinski definition) is 1. The number of benzene rings is 2. The number of aryl methyl sites for hydroxylation is 1. The van der Waals surface area contributed by atoms with Crippen molar-refractivity contribution in [3.05, 3.63) is 108 Å². The summed E-state index contributed by atoms with van der Waals surface area (Å²) in [6.45, 7) is 4.63. The molecular weight excluding hydrogens is 542 g/mol. The number of amides is 3. The largest absolute Gasteiger partial charge is 0.508 e. The second kappa shape index (κ2) is 12.4. The van der Waals surface area contributed by atoms with Gasteiger partial charge in [0, 0.05) is 31.0 Å². The van der Waals surface area contributed by atoms with Crippen LogP contribution in [0.5, 0.6) is 5.75 Å². The minimum atomic E-state index is -0.808. The predicted molar refractivity (Wildman–Crippen MR) is 161 cm³/mol. The molecular formula is C34H37N5O4. The number of aromatic nitrogens is 1. The van der Waals surface area contributed by atoms with Crippen molar-refractivity contribution >= 4 is 17.7 Å². The van der Waals surface area contributed by atoms with Crippen LogP contribution in [0.3, 0.4) is 0 Å². The van der Waals surface area contributed by atoms with Crippen LogP contribution in [0.15, 0.2) is 85.5 Å². The Labute approximate surface area is 252 Å². The standard InChI is InChI=1S/C34H37N5O4/c1-2-19-37-23-33(42)38-30(20-25-11-16-28(40)17-12-25)34(43)36(21-27-9-6-10-29(35-27)26-14-15-26)22-31(38)39(37)32(41)18-13-24-7-4-3-5-8-24/h2-12,16-17,26,30-31,40H,1,13-15,18-23H2/t30-,31-/m0/s1. The first-order chi connectivity index (χ1) is 20.9. The lowest BCUT2D eigenvalue weighted by Crippen LogP contribution is -2.75. The van der Waals surface area contributed by atoms with Crippen molar-refractivity contribution in [3.63, 3.8) is 0 Å². The molecule has 3 aromatic rings. The number of carbonyl (C=O) groups is 3. The van der Waals surface area contributed by atoms with Gasteiger partial charge >= 0.3 is 0 Å². The molecule has 0 bridgehead atoms. The van der Waals surface area contributed by atoms with Crippen molar-refractivity contribution in [1.82, 2.24) is 24.8 Å². The quantitative estimate of drug-likeness (QED) is 0.369. The highest BCUT2D eigenvalue weighted by Crippen LogP contribution is 2.39. The van der Waals surface area contributed by atoms with Crippen LogP contribution in [-0.2, 0) is 33.8 Å². The van der Waals surface area contributed by atoms with Gasteiger partial charge < -0.3 is 14.9 Å². The summed E-state index contributed by atoms with van der Waals surface area (Å²) in [5, 5.41) is 13.3. The van der Waals surface area contributed by atoms with E-state index in [1.807, 2.05) is 48.5 Å². The van der Waals surface area contributed by atoms with Crippen LogP contribution in [0.4, 0.5) is 0 Å². The number of piperazine rings is 1. The fourth-order valence-electron chi connectivity index (χ4n) is 6.16. The molecule has 1 N–H and O–H groups in total. The van der Waals surface area contributed by atoms with Gasteiger partial charge in [0.15, 0.2) is 0 Å². The molecule has 0 radical (unpaired) electrons. The Morgan fingerprint density at radius 3 is 2.47 bits per heavy atom. The van der Waals surface area contributed by atoms with Crippen molar-refractivity contribution in [2.45, 2.75) is 56.8 Å². The van der Waals surface area contributed by atoms with E-state index in [0.717, 1.165) is 35.4 Å². The molecule has 9 heteroatoms. The Kier molecular flexibility index (Phi) is 8.24. The average Bonchev–Trinajstić information content (AvgIpc) is 3.86. The van der Waals surface area contributed by atoms with Gasteiger partial charge in [-0.1, -0.05) is 54.6 Å². The van der Waals surface area contributed by atoms with Gasteiger partial charge in [-0.05, 0) is 54.7 Å². The number of nitrogens with zero attached hydrogens (tertiary/aromatic N) is 5. The molecule has 9 nitrogen and oxygen atoms in total. The number of phenols is 1. The van der Waals surface area contributed by atoms with E-state index in [0.29, 0.717) is 18.9 Å². The van der Waals surface area contributed by atoms with Crippen LogP contribution in [0.2, 0.25) is 0 Å². The molecule has 2 atom stereocenters. The van der Waals surface area contributed by atoms with E-state index in [9.17, 15) is 19.5 Å². The lowest BCUT2D eigenvalue weighted by Gasteiger charge is -2.55. The molecule has 3 amide bonds. The Morgan fingerprint density at radius 1 is 0.977 bits per heavy atom. The van der Waals surface area contributed by atoms with E-state index in [4.69, 9.17) is 4.98 Å². The SMILES string of the molecule is C=CCN1CC(=O)N2[C@@H](Cc3ccc(O)cc3)C(=O)N(Cc3cccc(C4CC4)n3)C[C@@H]2N1C(=O)CCc1ccccc1. The van der Waals surface area contributed by atoms with Gasteiger partial charge in [-0.15, -0.1) is 6.58 Å². The van der Waals surface area contributed by atoms with Crippen LogP contribution >= 0.6 is 0 Å². The molecule has 0 unspecified atom stereocenters. The summed E-state index contributed by atoms with van der Waals surface area (Å²) in [6.07, 6.45) is 4.37. The lowest BCUT2D eigenvalue weighted by atomic mass is 9.98. The monoisotopic (exact) mass is 579 g/mol. The fraction of sp³-hybridized carbons (Fsp3) is 0.353. The third-order valence-electron chi connectivity index (χ3n) is 8.44. The Morgan fingerprint density at radius 2 is 1.74 bits per heavy atom. The molecule has 3 fully saturated rings. The summed E-state index contributed by atoms with van der Waals surface area (Å²) in [6, 6.07) is 21.7. The number of hydrogen-bond acceptors (Lipinski definition) is 6. The van der Waals surface area contributed by atoms with Crippen molar-refractivity contribution in [2.75, 3.05) is 19.6 Å². The van der Waals surface area contributed by atoms with Crippen molar-refractivity contribution < 1.29 is 19.5 Å². The van der Waals surface area contributed by atoms with Crippen LogP contribution in [0.25, 0.3) is 0 Å². The second-order valence-electron chi connectivity index (χ2n) is 11.6.